The zero-order valence-electron chi connectivity index (χ0n) is 9.21. The molecule has 1 aromatic heterocycles. The van der Waals surface area contributed by atoms with Crippen molar-refractivity contribution in [3.63, 3.8) is 0 Å². The van der Waals surface area contributed by atoms with Gasteiger partial charge in [0.15, 0.2) is 0 Å². The molecule has 0 spiro atoms. The molecule has 1 aliphatic rings. The number of hydrogen-bond donors (Lipinski definition) is 1. The maximum absolute atomic E-state index is 5.99. The second-order valence-electron chi connectivity index (χ2n) is 3.97. The molecular formula is C11H15Cl2N3. The molecule has 1 N–H and O–H groups in total. The average molecular weight is 260 g/mol. The van der Waals surface area contributed by atoms with Crippen molar-refractivity contribution < 1.29 is 0 Å². The summed E-state index contributed by atoms with van der Waals surface area (Å²) < 4.78 is 0. The maximum atomic E-state index is 5.99. The molecule has 5 heteroatoms. The number of nitrogens with one attached hydrogen (secondary N) is 1. The number of piperidine rings is 1. The Hall–Kier alpha value is -0.350. The normalized spacial score (nSPS) is 22.3. The van der Waals surface area contributed by atoms with Gasteiger partial charge in [-0.05, 0) is 31.5 Å². The van der Waals surface area contributed by atoms with E-state index in [1.54, 1.807) is 0 Å². The minimum atomic E-state index is 0.348. The van der Waals surface area contributed by atoms with E-state index < -0.39 is 0 Å². The Labute approximate surface area is 106 Å². The molecule has 1 aliphatic heterocycles. The molecule has 16 heavy (non-hydrogen) atoms. The van der Waals surface area contributed by atoms with Crippen molar-refractivity contribution in [1.82, 2.24) is 15.4 Å². The molecule has 0 amide bonds. The third kappa shape index (κ3) is 2.48. The van der Waals surface area contributed by atoms with Gasteiger partial charge in [0, 0.05) is 12.7 Å². The fourth-order valence-corrected chi connectivity index (χ4v) is 2.44. The number of nitrogens with zero attached hydrogens (tertiary/aromatic N) is 2. The highest BCUT2D eigenvalue weighted by Gasteiger charge is 2.23. The van der Waals surface area contributed by atoms with Crippen molar-refractivity contribution in [2.24, 2.45) is 0 Å². The van der Waals surface area contributed by atoms with Crippen molar-refractivity contribution in [3.8, 4) is 0 Å². The second-order valence-corrected chi connectivity index (χ2v) is 4.74. The summed E-state index contributed by atoms with van der Waals surface area (Å²) in [7, 11) is 1.95. The van der Waals surface area contributed by atoms with Crippen LogP contribution in [0.4, 0.5) is 0 Å². The van der Waals surface area contributed by atoms with Gasteiger partial charge in [-0.2, -0.15) is 0 Å². The molecule has 2 heterocycles. The first kappa shape index (κ1) is 12.1. The first-order valence-corrected chi connectivity index (χ1v) is 6.23. The number of halogens is 2. The van der Waals surface area contributed by atoms with Crippen molar-refractivity contribution in [2.45, 2.75) is 25.3 Å². The van der Waals surface area contributed by atoms with Crippen LogP contribution >= 0.6 is 23.2 Å². The molecule has 0 radical (unpaired) electrons. The second kappa shape index (κ2) is 5.32. The van der Waals surface area contributed by atoms with Gasteiger partial charge in [0.1, 0.15) is 5.15 Å². The predicted molar refractivity (Wildman–Crippen MR) is 66.6 cm³/mol. The van der Waals surface area contributed by atoms with Gasteiger partial charge in [0.25, 0.3) is 0 Å². The summed E-state index contributed by atoms with van der Waals surface area (Å²) >= 11 is 11.8. The molecule has 3 nitrogen and oxygen atoms in total. The van der Waals surface area contributed by atoms with E-state index >= 15 is 0 Å². The van der Waals surface area contributed by atoms with Crippen LogP contribution in [0, 0.1) is 0 Å². The van der Waals surface area contributed by atoms with Crippen molar-refractivity contribution in [2.75, 3.05) is 13.6 Å². The minimum absolute atomic E-state index is 0.348. The lowest BCUT2D eigenvalue weighted by atomic mass is 9.98. The molecule has 1 saturated heterocycles. The quantitative estimate of drug-likeness (QED) is 0.828. The van der Waals surface area contributed by atoms with Crippen LogP contribution in [-0.4, -0.2) is 23.6 Å². The van der Waals surface area contributed by atoms with Crippen molar-refractivity contribution >= 4 is 23.2 Å². The van der Waals surface area contributed by atoms with E-state index in [0.29, 0.717) is 16.2 Å². The third-order valence-electron chi connectivity index (χ3n) is 2.99. The van der Waals surface area contributed by atoms with Crippen LogP contribution in [0.15, 0.2) is 12.3 Å². The largest absolute Gasteiger partial charge is 0.258 e. The van der Waals surface area contributed by atoms with Crippen LogP contribution in [0.1, 0.15) is 30.9 Å². The topological polar surface area (TPSA) is 28.2 Å². The lowest BCUT2D eigenvalue weighted by Gasteiger charge is -2.35. The Balaban J connectivity index is 2.23. The molecule has 1 fully saturated rings. The first-order chi connectivity index (χ1) is 7.72. The highest BCUT2D eigenvalue weighted by atomic mass is 35.5. The summed E-state index contributed by atoms with van der Waals surface area (Å²) in [5.41, 5.74) is 4.34. The molecule has 1 atom stereocenters. The smallest absolute Gasteiger partial charge is 0.147 e. The van der Waals surface area contributed by atoms with E-state index in [4.69, 9.17) is 23.2 Å². The van der Waals surface area contributed by atoms with Crippen molar-refractivity contribution in [3.05, 3.63) is 28.0 Å². The fraction of sp³-hybridized carbons (Fsp3) is 0.545. The standard InChI is InChI=1S/C11H15Cl2N3/c1-14-16-5-3-2-4-10(16)8-6-9(12)11(13)15-7-8/h6-7,10,14H,2-5H2,1H3/t10-/m1/s1. The van der Waals surface area contributed by atoms with Crippen LogP contribution in [0.3, 0.4) is 0 Å². The molecule has 2 rings (SSSR count). The molecule has 0 aliphatic carbocycles. The van der Waals surface area contributed by atoms with Crippen molar-refractivity contribution in [1.29, 1.82) is 0 Å². The number of hydrazine groups is 1. The summed E-state index contributed by atoms with van der Waals surface area (Å²) in [6.45, 7) is 1.06. The van der Waals surface area contributed by atoms with Crippen LogP contribution in [-0.2, 0) is 0 Å². The Morgan fingerprint density at radius 3 is 2.94 bits per heavy atom. The number of rotatable bonds is 2. The van der Waals surface area contributed by atoms with Gasteiger partial charge in [-0.15, -0.1) is 0 Å². The van der Waals surface area contributed by atoms with Crippen LogP contribution in [0.5, 0.6) is 0 Å². The van der Waals surface area contributed by atoms with Gasteiger partial charge in [0.2, 0.25) is 0 Å². The SMILES string of the molecule is CNN1CCCC[C@@H]1c1cnc(Cl)c(Cl)c1. The van der Waals surface area contributed by atoms with E-state index in [0.717, 1.165) is 18.5 Å². The average Bonchev–Trinajstić information content (AvgIpc) is 2.32. The Morgan fingerprint density at radius 1 is 1.44 bits per heavy atom. The zero-order chi connectivity index (χ0) is 11.5. The summed E-state index contributed by atoms with van der Waals surface area (Å²) in [5.74, 6) is 0. The summed E-state index contributed by atoms with van der Waals surface area (Å²) in [6, 6.07) is 2.26. The molecule has 0 aromatic carbocycles. The number of hydrogen-bond acceptors (Lipinski definition) is 3. The van der Waals surface area contributed by atoms with Gasteiger partial charge in [-0.25, -0.2) is 9.99 Å². The van der Waals surface area contributed by atoms with Gasteiger partial charge in [-0.3, -0.25) is 5.43 Å². The van der Waals surface area contributed by atoms with Crippen LogP contribution in [0.25, 0.3) is 0 Å². The minimum Gasteiger partial charge on any atom is -0.258 e. The molecule has 0 bridgehead atoms. The molecule has 0 unspecified atom stereocenters. The van der Waals surface area contributed by atoms with Gasteiger partial charge >= 0.3 is 0 Å². The van der Waals surface area contributed by atoms with Gasteiger partial charge in [0.05, 0.1) is 11.1 Å². The molecule has 1 aromatic rings. The summed E-state index contributed by atoms with van der Waals surface area (Å²) in [5, 5.41) is 3.13. The lowest BCUT2D eigenvalue weighted by molar-refractivity contribution is 0.0982. The predicted octanol–water partition coefficient (Wildman–Crippen LogP) is 3.05. The van der Waals surface area contributed by atoms with E-state index in [1.165, 1.54) is 12.8 Å². The molecule has 88 valence electrons. The molecular weight excluding hydrogens is 245 g/mol. The van der Waals surface area contributed by atoms with E-state index in [1.807, 2.05) is 19.3 Å². The van der Waals surface area contributed by atoms with E-state index in [-0.39, 0.29) is 0 Å². The zero-order valence-corrected chi connectivity index (χ0v) is 10.7. The fourth-order valence-electron chi connectivity index (χ4n) is 2.16. The first-order valence-electron chi connectivity index (χ1n) is 5.47. The highest BCUT2D eigenvalue weighted by molar-refractivity contribution is 6.41. The highest BCUT2D eigenvalue weighted by Crippen LogP contribution is 2.31. The van der Waals surface area contributed by atoms with Crippen LogP contribution < -0.4 is 5.43 Å². The van der Waals surface area contributed by atoms with E-state index in [9.17, 15) is 0 Å². The lowest BCUT2D eigenvalue weighted by Crippen LogP contribution is -2.41. The van der Waals surface area contributed by atoms with Gasteiger partial charge in [-0.1, -0.05) is 29.6 Å². The Kier molecular flexibility index (Phi) is 4.03. The Bertz CT molecular complexity index is 370. The van der Waals surface area contributed by atoms with Gasteiger partial charge < -0.3 is 0 Å². The monoisotopic (exact) mass is 259 g/mol. The molecule has 0 saturated carbocycles. The third-order valence-corrected chi connectivity index (χ3v) is 3.68. The Morgan fingerprint density at radius 2 is 2.25 bits per heavy atom. The number of pyridine rings is 1. The van der Waals surface area contributed by atoms with Crippen LogP contribution in [0.2, 0.25) is 10.2 Å². The summed E-state index contributed by atoms with van der Waals surface area (Å²) in [4.78, 5) is 4.10. The van der Waals surface area contributed by atoms with E-state index in [2.05, 4.69) is 15.4 Å². The maximum Gasteiger partial charge on any atom is 0.147 e. The summed E-state index contributed by atoms with van der Waals surface area (Å²) in [6.07, 6.45) is 5.41. The number of aromatic nitrogens is 1.